The van der Waals surface area contributed by atoms with Gasteiger partial charge in [0.25, 0.3) is 5.91 Å². The molecule has 4 rings (SSSR count). The number of benzene rings is 2. The minimum atomic E-state index is -0.274. The number of aliphatic imine (C=N–C) groups is 1. The molecule has 36 heavy (non-hydrogen) atoms. The highest BCUT2D eigenvalue weighted by atomic mass is 19.1. The highest BCUT2D eigenvalue weighted by Crippen LogP contribution is 2.34. The molecule has 190 valence electrons. The fraction of sp³-hybridized carbons (Fsp3) is 0.379. The summed E-state index contributed by atoms with van der Waals surface area (Å²) in [4.78, 5) is 18.2. The number of aromatic nitrogens is 1. The molecule has 6 nitrogen and oxygen atoms in total. The van der Waals surface area contributed by atoms with Crippen molar-refractivity contribution in [1.82, 2.24) is 9.88 Å². The molecule has 1 aliphatic rings. The fourth-order valence-corrected chi connectivity index (χ4v) is 4.56. The minimum absolute atomic E-state index is 0.0903. The number of nitrogens with one attached hydrogen (secondary N) is 1. The van der Waals surface area contributed by atoms with Crippen LogP contribution in [-0.2, 0) is 17.8 Å². The maximum Gasteiger partial charge on any atom is 0.254 e. The molecule has 1 aliphatic heterocycles. The third kappa shape index (κ3) is 5.68. The standard InChI is InChI=1S/C29H34FN3O3/c1-19(2)28-27(29(34)32-17-21-9-8-20(3)25(30)15-21)24-11-10-23(36-14-13-35-4)16-26(24)33(28)18-22-7-5-6-12-31-22/h6,8-12,15-16,19H,5,7,13-14,17-18H2,1-4H3,(H,32,34). The van der Waals surface area contributed by atoms with Crippen molar-refractivity contribution in [2.24, 2.45) is 4.99 Å². The van der Waals surface area contributed by atoms with Crippen molar-refractivity contribution in [1.29, 1.82) is 0 Å². The van der Waals surface area contributed by atoms with E-state index in [2.05, 4.69) is 34.8 Å². The van der Waals surface area contributed by atoms with Crippen molar-refractivity contribution in [2.75, 3.05) is 20.3 Å². The van der Waals surface area contributed by atoms with E-state index in [9.17, 15) is 9.18 Å². The number of amides is 1. The van der Waals surface area contributed by atoms with Crippen molar-refractivity contribution < 1.29 is 18.7 Å². The molecule has 2 heterocycles. The number of hydrogen-bond acceptors (Lipinski definition) is 4. The smallest absolute Gasteiger partial charge is 0.254 e. The molecule has 0 saturated heterocycles. The number of halogens is 1. The number of ether oxygens (including phenoxy) is 2. The largest absolute Gasteiger partial charge is 0.491 e. The molecule has 1 aromatic heterocycles. The molecule has 0 aliphatic carbocycles. The zero-order chi connectivity index (χ0) is 25.7. The summed E-state index contributed by atoms with van der Waals surface area (Å²) in [6, 6.07) is 10.9. The Labute approximate surface area is 211 Å². The minimum Gasteiger partial charge on any atom is -0.491 e. The highest BCUT2D eigenvalue weighted by Gasteiger charge is 2.25. The van der Waals surface area contributed by atoms with Crippen LogP contribution in [0.5, 0.6) is 5.75 Å². The van der Waals surface area contributed by atoms with E-state index in [0.29, 0.717) is 30.9 Å². The van der Waals surface area contributed by atoms with Crippen LogP contribution < -0.4 is 10.1 Å². The molecule has 0 bridgehead atoms. The van der Waals surface area contributed by atoms with Crippen LogP contribution in [0.3, 0.4) is 0 Å². The first-order chi connectivity index (χ1) is 17.4. The van der Waals surface area contributed by atoms with Gasteiger partial charge in [0.1, 0.15) is 18.2 Å². The Bertz CT molecular complexity index is 1310. The molecule has 0 unspecified atom stereocenters. The zero-order valence-electron chi connectivity index (χ0n) is 21.4. The molecule has 1 amide bonds. The zero-order valence-corrected chi connectivity index (χ0v) is 21.4. The van der Waals surface area contributed by atoms with Crippen LogP contribution in [0.25, 0.3) is 10.9 Å². The topological polar surface area (TPSA) is 64.8 Å². The fourth-order valence-electron chi connectivity index (χ4n) is 4.56. The molecule has 7 heteroatoms. The molecular formula is C29H34FN3O3. The van der Waals surface area contributed by atoms with Crippen LogP contribution in [0.2, 0.25) is 0 Å². The number of carbonyl (C=O) groups excluding carboxylic acids is 1. The van der Waals surface area contributed by atoms with E-state index in [4.69, 9.17) is 9.47 Å². The summed E-state index contributed by atoms with van der Waals surface area (Å²) in [5.74, 6) is 0.361. The van der Waals surface area contributed by atoms with Gasteiger partial charge in [0.05, 0.1) is 24.2 Å². The maximum absolute atomic E-state index is 14.0. The van der Waals surface area contributed by atoms with Gasteiger partial charge in [-0.25, -0.2) is 4.39 Å². The Balaban J connectivity index is 1.74. The number of nitrogens with zero attached hydrogens (tertiary/aromatic N) is 2. The van der Waals surface area contributed by atoms with Crippen LogP contribution in [0, 0.1) is 12.7 Å². The number of allylic oxidation sites excluding steroid dienone is 1. The van der Waals surface area contributed by atoms with Gasteiger partial charge in [0.15, 0.2) is 0 Å². The van der Waals surface area contributed by atoms with E-state index >= 15 is 0 Å². The number of fused-ring (bicyclic) bond motifs is 1. The summed E-state index contributed by atoms with van der Waals surface area (Å²) in [5.41, 5.74) is 4.89. The van der Waals surface area contributed by atoms with E-state index in [1.165, 1.54) is 6.07 Å². The van der Waals surface area contributed by atoms with Gasteiger partial charge >= 0.3 is 0 Å². The Morgan fingerprint density at radius 1 is 1.19 bits per heavy atom. The van der Waals surface area contributed by atoms with Crippen molar-refractivity contribution >= 4 is 22.5 Å². The summed E-state index contributed by atoms with van der Waals surface area (Å²) in [6.07, 6.45) is 5.77. The number of hydrogen-bond donors (Lipinski definition) is 1. The van der Waals surface area contributed by atoms with Gasteiger partial charge < -0.3 is 19.4 Å². The lowest BCUT2D eigenvalue weighted by Gasteiger charge is -2.17. The Morgan fingerprint density at radius 3 is 2.72 bits per heavy atom. The number of methoxy groups -OCH3 is 1. The van der Waals surface area contributed by atoms with E-state index in [-0.39, 0.29) is 24.2 Å². The molecular weight excluding hydrogens is 457 g/mol. The predicted octanol–water partition coefficient (Wildman–Crippen LogP) is 5.92. The lowest BCUT2D eigenvalue weighted by molar-refractivity contribution is 0.0951. The van der Waals surface area contributed by atoms with Crippen molar-refractivity contribution in [3.05, 3.63) is 76.9 Å². The first-order valence-electron chi connectivity index (χ1n) is 12.4. The summed E-state index contributed by atoms with van der Waals surface area (Å²) >= 11 is 0. The Kier molecular flexibility index (Phi) is 8.21. The van der Waals surface area contributed by atoms with Crippen molar-refractivity contribution in [3.8, 4) is 5.75 Å². The second-order valence-corrected chi connectivity index (χ2v) is 9.41. The third-order valence-electron chi connectivity index (χ3n) is 6.40. The first-order valence-corrected chi connectivity index (χ1v) is 12.4. The molecule has 0 radical (unpaired) electrons. The SMILES string of the molecule is COCCOc1ccc2c(C(=O)NCc3ccc(C)c(F)c3)c(C(C)C)n(CC3=NC=CCC3)c2c1. The normalized spacial score (nSPS) is 13.3. The quantitative estimate of drug-likeness (QED) is 0.358. The average molecular weight is 492 g/mol. The molecule has 0 fully saturated rings. The van der Waals surface area contributed by atoms with Crippen molar-refractivity contribution in [2.45, 2.75) is 52.6 Å². The highest BCUT2D eigenvalue weighted by molar-refractivity contribution is 6.09. The molecule has 0 spiro atoms. The Morgan fingerprint density at radius 2 is 2.03 bits per heavy atom. The van der Waals surface area contributed by atoms with Crippen LogP contribution >= 0.6 is 0 Å². The van der Waals surface area contributed by atoms with Gasteiger partial charge in [-0.2, -0.15) is 0 Å². The predicted molar refractivity (Wildman–Crippen MR) is 142 cm³/mol. The van der Waals surface area contributed by atoms with E-state index in [1.807, 2.05) is 30.5 Å². The molecule has 0 atom stereocenters. The molecule has 0 saturated carbocycles. The number of aryl methyl sites for hydroxylation is 1. The first kappa shape index (κ1) is 25.6. The third-order valence-corrected chi connectivity index (χ3v) is 6.40. The number of carbonyl (C=O) groups is 1. The average Bonchev–Trinajstić information content (AvgIpc) is 3.19. The van der Waals surface area contributed by atoms with Crippen molar-refractivity contribution in [3.63, 3.8) is 0 Å². The van der Waals surface area contributed by atoms with Gasteiger partial charge in [0, 0.05) is 42.7 Å². The summed E-state index contributed by atoms with van der Waals surface area (Å²) in [5, 5.41) is 3.87. The second-order valence-electron chi connectivity index (χ2n) is 9.41. The number of rotatable bonds is 10. The van der Waals surface area contributed by atoms with Crippen LogP contribution in [0.15, 0.2) is 53.7 Å². The maximum atomic E-state index is 14.0. The van der Waals surface area contributed by atoms with Gasteiger partial charge in [-0.3, -0.25) is 9.79 Å². The van der Waals surface area contributed by atoms with Gasteiger partial charge in [-0.1, -0.05) is 32.1 Å². The molecule has 1 N–H and O–H groups in total. The second kappa shape index (κ2) is 11.5. The van der Waals surface area contributed by atoms with E-state index in [1.54, 1.807) is 20.1 Å². The molecule has 3 aromatic rings. The van der Waals surface area contributed by atoms with E-state index < -0.39 is 0 Å². The monoisotopic (exact) mass is 491 g/mol. The van der Waals surface area contributed by atoms with Gasteiger partial charge in [0.2, 0.25) is 0 Å². The van der Waals surface area contributed by atoms with Crippen LogP contribution in [0.1, 0.15) is 59.8 Å². The summed E-state index contributed by atoms with van der Waals surface area (Å²) in [6.45, 7) is 7.69. The Hall–Kier alpha value is -3.45. The molecule has 2 aromatic carbocycles. The van der Waals surface area contributed by atoms with Gasteiger partial charge in [-0.15, -0.1) is 0 Å². The van der Waals surface area contributed by atoms with Crippen LogP contribution in [-0.4, -0.2) is 36.5 Å². The summed E-state index contributed by atoms with van der Waals surface area (Å²) < 4.78 is 27.2. The lowest BCUT2D eigenvalue weighted by Crippen LogP contribution is -2.25. The van der Waals surface area contributed by atoms with E-state index in [0.717, 1.165) is 46.5 Å². The van der Waals surface area contributed by atoms with Crippen LogP contribution in [0.4, 0.5) is 4.39 Å². The lowest BCUT2D eigenvalue weighted by atomic mass is 10.0. The van der Waals surface area contributed by atoms with Gasteiger partial charge in [-0.05, 0) is 55.0 Å². The summed E-state index contributed by atoms with van der Waals surface area (Å²) in [7, 11) is 1.64.